The van der Waals surface area contributed by atoms with Crippen molar-refractivity contribution < 1.29 is 4.74 Å². The number of rotatable bonds is 5. The first kappa shape index (κ1) is 14.8. The topological polar surface area (TPSA) is 36.3 Å². The summed E-state index contributed by atoms with van der Waals surface area (Å²) in [5, 5.41) is 9.89. The third-order valence-electron chi connectivity index (χ3n) is 3.07. The van der Waals surface area contributed by atoms with E-state index in [1.807, 2.05) is 38.1 Å². The Kier molecular flexibility index (Phi) is 5.46. The molecule has 0 aromatic heterocycles. The Morgan fingerprint density at radius 2 is 2.11 bits per heavy atom. The first-order valence-electron chi connectivity index (χ1n) is 5.94. The lowest BCUT2D eigenvalue weighted by Gasteiger charge is -2.29. The summed E-state index contributed by atoms with van der Waals surface area (Å²) >= 11 is 6.29. The summed E-state index contributed by atoms with van der Waals surface area (Å²) in [5.41, 5.74) is 0.968. The number of benzene rings is 1. The van der Waals surface area contributed by atoms with Crippen molar-refractivity contribution >= 4 is 11.6 Å². The summed E-state index contributed by atoms with van der Waals surface area (Å²) in [6.07, 6.45) is 0.793. The van der Waals surface area contributed by atoms with Gasteiger partial charge in [-0.15, -0.1) is 0 Å². The molecule has 0 fully saturated rings. The van der Waals surface area contributed by atoms with Crippen LogP contribution < -0.4 is 4.74 Å². The van der Waals surface area contributed by atoms with Gasteiger partial charge in [0.2, 0.25) is 0 Å². The fraction of sp³-hybridized carbons (Fsp3) is 0.500. The van der Waals surface area contributed by atoms with Crippen LogP contribution in [0.3, 0.4) is 0 Å². The van der Waals surface area contributed by atoms with E-state index in [0.717, 1.165) is 17.7 Å². The average Bonchev–Trinajstić information content (AvgIpc) is 2.36. The van der Waals surface area contributed by atoms with Crippen molar-refractivity contribution in [3.8, 4) is 11.8 Å². The molecular formula is C14H19ClN2O. The van der Waals surface area contributed by atoms with E-state index in [1.54, 1.807) is 13.2 Å². The zero-order valence-corrected chi connectivity index (χ0v) is 12.0. The lowest BCUT2D eigenvalue weighted by Crippen LogP contribution is -2.26. The second kappa shape index (κ2) is 6.63. The Hall–Kier alpha value is -1.24. The maximum atomic E-state index is 9.25. The van der Waals surface area contributed by atoms with Gasteiger partial charge in [0, 0.05) is 5.02 Å². The lowest BCUT2D eigenvalue weighted by molar-refractivity contribution is 0.241. The fourth-order valence-corrected chi connectivity index (χ4v) is 2.40. The first-order valence-corrected chi connectivity index (χ1v) is 6.32. The van der Waals surface area contributed by atoms with Gasteiger partial charge in [-0.05, 0) is 38.2 Å². The van der Waals surface area contributed by atoms with Crippen LogP contribution in [0.25, 0.3) is 0 Å². The van der Waals surface area contributed by atoms with Crippen molar-refractivity contribution in [1.82, 2.24) is 4.90 Å². The van der Waals surface area contributed by atoms with Gasteiger partial charge in [-0.25, -0.2) is 0 Å². The molecule has 3 nitrogen and oxygen atoms in total. The van der Waals surface area contributed by atoms with E-state index in [1.165, 1.54) is 0 Å². The lowest BCUT2D eigenvalue weighted by atomic mass is 9.91. The van der Waals surface area contributed by atoms with Crippen LogP contribution in [0.4, 0.5) is 0 Å². The van der Waals surface area contributed by atoms with Crippen LogP contribution >= 0.6 is 11.6 Å². The van der Waals surface area contributed by atoms with Crippen molar-refractivity contribution in [3.63, 3.8) is 0 Å². The van der Waals surface area contributed by atoms with Gasteiger partial charge < -0.3 is 9.64 Å². The van der Waals surface area contributed by atoms with Crippen molar-refractivity contribution in [2.45, 2.75) is 19.4 Å². The third-order valence-corrected chi connectivity index (χ3v) is 3.40. The van der Waals surface area contributed by atoms with E-state index < -0.39 is 0 Å². The normalized spacial score (nSPS) is 14.1. The smallest absolute Gasteiger partial charge is 0.120 e. The highest BCUT2D eigenvalue weighted by Crippen LogP contribution is 2.35. The Morgan fingerprint density at radius 3 is 2.50 bits per heavy atom. The van der Waals surface area contributed by atoms with E-state index in [4.69, 9.17) is 16.3 Å². The highest BCUT2D eigenvalue weighted by molar-refractivity contribution is 6.31. The Bertz CT molecular complexity index is 440. The number of methoxy groups -OCH3 is 1. The summed E-state index contributed by atoms with van der Waals surface area (Å²) in [6, 6.07) is 7.96. The Labute approximate surface area is 114 Å². The van der Waals surface area contributed by atoms with Gasteiger partial charge in [0.05, 0.1) is 25.1 Å². The molecule has 0 saturated carbocycles. The summed E-state index contributed by atoms with van der Waals surface area (Å²) in [4.78, 5) is 2.03. The Morgan fingerprint density at radius 1 is 1.44 bits per heavy atom. The summed E-state index contributed by atoms with van der Waals surface area (Å²) in [6.45, 7) is 2.02. The highest BCUT2D eigenvalue weighted by Gasteiger charge is 2.25. The standard InChI is InChI=1S/C14H19ClN2O/c1-5-10(9-16)14(17(2)3)12-7-6-11(18-4)8-13(12)15/h6-8,10,14H,5H2,1-4H3. The maximum absolute atomic E-state index is 9.25. The van der Waals surface area contributed by atoms with Crippen molar-refractivity contribution in [3.05, 3.63) is 28.8 Å². The maximum Gasteiger partial charge on any atom is 0.120 e. The molecule has 1 rings (SSSR count). The SMILES string of the molecule is CCC(C#N)C(c1ccc(OC)cc1Cl)N(C)C. The van der Waals surface area contributed by atoms with Gasteiger partial charge >= 0.3 is 0 Å². The molecule has 0 aliphatic carbocycles. The molecule has 2 atom stereocenters. The van der Waals surface area contributed by atoms with Crippen LogP contribution in [0.15, 0.2) is 18.2 Å². The molecule has 2 unspecified atom stereocenters. The number of hydrogen-bond donors (Lipinski definition) is 0. The first-order chi connectivity index (χ1) is 8.54. The van der Waals surface area contributed by atoms with Crippen LogP contribution in [0.5, 0.6) is 5.75 Å². The van der Waals surface area contributed by atoms with Crippen molar-refractivity contribution in [2.24, 2.45) is 5.92 Å². The number of halogens is 1. The molecule has 1 aromatic carbocycles. The van der Waals surface area contributed by atoms with Crippen LogP contribution in [-0.2, 0) is 0 Å². The van der Waals surface area contributed by atoms with Gasteiger partial charge in [0.1, 0.15) is 5.75 Å². The zero-order chi connectivity index (χ0) is 13.7. The molecule has 0 N–H and O–H groups in total. The molecule has 0 amide bonds. The molecule has 0 bridgehead atoms. The van der Waals surface area contributed by atoms with E-state index in [-0.39, 0.29) is 12.0 Å². The highest BCUT2D eigenvalue weighted by atomic mass is 35.5. The Balaban J connectivity index is 3.18. The van der Waals surface area contributed by atoms with Crippen LogP contribution in [0, 0.1) is 17.2 Å². The monoisotopic (exact) mass is 266 g/mol. The molecule has 0 heterocycles. The third kappa shape index (κ3) is 3.16. The molecule has 0 radical (unpaired) electrons. The summed E-state index contributed by atoms with van der Waals surface area (Å²) in [5.74, 6) is 0.650. The molecule has 1 aromatic rings. The van der Waals surface area contributed by atoms with Crippen molar-refractivity contribution in [1.29, 1.82) is 5.26 Å². The predicted octanol–water partition coefficient (Wildman–Crippen LogP) is 3.50. The van der Waals surface area contributed by atoms with E-state index in [2.05, 4.69) is 6.07 Å². The van der Waals surface area contributed by atoms with Gasteiger partial charge in [0.25, 0.3) is 0 Å². The number of nitrogens with zero attached hydrogens (tertiary/aromatic N) is 2. The molecule has 98 valence electrons. The molecule has 0 aliphatic rings. The largest absolute Gasteiger partial charge is 0.497 e. The minimum Gasteiger partial charge on any atom is -0.497 e. The molecule has 0 saturated heterocycles. The van der Waals surface area contributed by atoms with Crippen LogP contribution in [-0.4, -0.2) is 26.1 Å². The van der Waals surface area contributed by atoms with Gasteiger partial charge in [-0.3, -0.25) is 0 Å². The molecular weight excluding hydrogens is 248 g/mol. The van der Waals surface area contributed by atoms with Gasteiger partial charge in [-0.2, -0.15) is 5.26 Å². The quantitative estimate of drug-likeness (QED) is 0.818. The van der Waals surface area contributed by atoms with E-state index in [0.29, 0.717) is 5.02 Å². The van der Waals surface area contributed by atoms with E-state index in [9.17, 15) is 5.26 Å². The number of hydrogen-bond acceptors (Lipinski definition) is 3. The van der Waals surface area contributed by atoms with E-state index >= 15 is 0 Å². The summed E-state index contributed by atoms with van der Waals surface area (Å²) in [7, 11) is 5.54. The average molecular weight is 267 g/mol. The number of ether oxygens (including phenoxy) is 1. The molecule has 4 heteroatoms. The van der Waals surface area contributed by atoms with Crippen molar-refractivity contribution in [2.75, 3.05) is 21.2 Å². The second-order valence-corrected chi connectivity index (χ2v) is 4.85. The molecule has 0 spiro atoms. The fourth-order valence-electron chi connectivity index (χ4n) is 2.11. The van der Waals surface area contributed by atoms with Gasteiger partial charge in [-0.1, -0.05) is 24.6 Å². The predicted molar refractivity (Wildman–Crippen MR) is 73.8 cm³/mol. The molecule has 18 heavy (non-hydrogen) atoms. The number of nitriles is 1. The van der Waals surface area contributed by atoms with Crippen LogP contribution in [0.1, 0.15) is 24.9 Å². The summed E-state index contributed by atoms with van der Waals surface area (Å²) < 4.78 is 5.14. The van der Waals surface area contributed by atoms with Gasteiger partial charge in [0.15, 0.2) is 0 Å². The second-order valence-electron chi connectivity index (χ2n) is 4.44. The van der Waals surface area contributed by atoms with Crippen LogP contribution in [0.2, 0.25) is 5.02 Å². The zero-order valence-electron chi connectivity index (χ0n) is 11.3. The minimum absolute atomic E-state index is 0.00148. The molecule has 0 aliphatic heterocycles. The minimum atomic E-state index is -0.0779.